The van der Waals surface area contributed by atoms with Crippen LogP contribution in [-0.2, 0) is 13.6 Å². The summed E-state index contributed by atoms with van der Waals surface area (Å²) in [5, 5.41) is 11.4. The molecule has 1 saturated carbocycles. The standard InChI is InChI=1S/C30H35ClN8O/c1-37(2)28-27(31)19-32-29(36-28)35-24-11-15-26(16-12-24)39(30(40)33-17-21-7-5-4-6-8-21)25-13-9-22(10-14-25)23-18-34-38(3)20-23/h4-10,13-14,18-20,24,26H,11-12,15-17H2,1-3H3,(H,33,40)(H,32,35,36). The first-order valence-electron chi connectivity index (χ1n) is 13.5. The summed E-state index contributed by atoms with van der Waals surface area (Å²) in [5.41, 5.74) is 4.05. The second-order valence-electron chi connectivity index (χ2n) is 10.4. The first-order chi connectivity index (χ1) is 19.4. The van der Waals surface area contributed by atoms with Gasteiger partial charge in [0, 0.05) is 57.2 Å². The van der Waals surface area contributed by atoms with Crippen molar-refractivity contribution in [1.82, 2.24) is 25.1 Å². The van der Waals surface area contributed by atoms with Gasteiger partial charge in [-0.2, -0.15) is 10.1 Å². The molecule has 10 heteroatoms. The van der Waals surface area contributed by atoms with Crippen LogP contribution in [0.15, 0.2) is 73.2 Å². The SMILES string of the molecule is CN(C)c1nc(NC2CCC(N(C(=O)NCc3ccccc3)c3ccc(-c4cnn(C)c4)cc3)CC2)ncc1Cl. The molecule has 0 unspecified atom stereocenters. The van der Waals surface area contributed by atoms with Gasteiger partial charge in [0.05, 0.1) is 12.4 Å². The maximum Gasteiger partial charge on any atom is 0.322 e. The minimum atomic E-state index is -0.0916. The third-order valence-electron chi connectivity index (χ3n) is 7.23. The zero-order valence-electron chi connectivity index (χ0n) is 23.1. The van der Waals surface area contributed by atoms with Crippen LogP contribution in [0.2, 0.25) is 5.02 Å². The molecule has 2 aromatic heterocycles. The lowest BCUT2D eigenvalue weighted by Gasteiger charge is -2.37. The number of urea groups is 1. The molecule has 0 radical (unpaired) electrons. The van der Waals surface area contributed by atoms with E-state index >= 15 is 0 Å². The van der Waals surface area contributed by atoms with E-state index in [2.05, 4.69) is 37.8 Å². The van der Waals surface area contributed by atoms with Crippen molar-refractivity contribution in [1.29, 1.82) is 0 Å². The summed E-state index contributed by atoms with van der Waals surface area (Å²) in [6.07, 6.45) is 8.96. The number of aromatic nitrogens is 4. The molecule has 1 aliphatic rings. The Morgan fingerprint density at radius 1 is 1.00 bits per heavy atom. The maximum absolute atomic E-state index is 13.6. The van der Waals surface area contributed by atoms with E-state index in [4.69, 9.17) is 11.6 Å². The molecule has 0 aliphatic heterocycles. The number of carbonyl (C=O) groups is 1. The van der Waals surface area contributed by atoms with Gasteiger partial charge in [0.25, 0.3) is 0 Å². The molecule has 5 rings (SSSR count). The number of carbonyl (C=O) groups excluding carboxylic acids is 1. The number of hydrogen-bond acceptors (Lipinski definition) is 6. The highest BCUT2D eigenvalue weighted by atomic mass is 35.5. The first kappa shape index (κ1) is 27.5. The Balaban J connectivity index is 1.30. The summed E-state index contributed by atoms with van der Waals surface area (Å²) in [4.78, 5) is 26.4. The molecule has 0 saturated heterocycles. The lowest BCUT2D eigenvalue weighted by molar-refractivity contribution is 0.240. The van der Waals surface area contributed by atoms with Gasteiger partial charge < -0.3 is 15.5 Å². The molecular weight excluding hydrogens is 524 g/mol. The Hall–Kier alpha value is -4.11. The fraction of sp³-hybridized carbons (Fsp3) is 0.333. The number of halogens is 1. The van der Waals surface area contributed by atoms with Crippen LogP contribution in [0, 0.1) is 0 Å². The number of anilines is 3. The second-order valence-corrected chi connectivity index (χ2v) is 10.8. The maximum atomic E-state index is 13.6. The monoisotopic (exact) mass is 558 g/mol. The van der Waals surface area contributed by atoms with E-state index in [1.807, 2.05) is 85.8 Å². The van der Waals surface area contributed by atoms with Crippen LogP contribution in [0.5, 0.6) is 0 Å². The third-order valence-corrected chi connectivity index (χ3v) is 7.50. The largest absolute Gasteiger partial charge is 0.361 e. The van der Waals surface area contributed by atoms with Gasteiger partial charge in [-0.05, 0) is 48.9 Å². The Kier molecular flexibility index (Phi) is 8.50. The fourth-order valence-corrected chi connectivity index (χ4v) is 5.40. The number of nitrogens with zero attached hydrogens (tertiary/aromatic N) is 6. The summed E-state index contributed by atoms with van der Waals surface area (Å²) >= 11 is 6.24. The minimum absolute atomic E-state index is 0.0709. The van der Waals surface area contributed by atoms with Crippen molar-refractivity contribution in [2.24, 2.45) is 7.05 Å². The summed E-state index contributed by atoms with van der Waals surface area (Å²) in [5.74, 6) is 1.25. The summed E-state index contributed by atoms with van der Waals surface area (Å²) < 4.78 is 1.79. The Bertz CT molecular complexity index is 1420. The van der Waals surface area contributed by atoms with Gasteiger partial charge in [-0.3, -0.25) is 9.58 Å². The second kappa shape index (κ2) is 12.4. The normalized spacial score (nSPS) is 16.8. The number of amides is 2. The van der Waals surface area contributed by atoms with Crippen LogP contribution in [-0.4, -0.2) is 52.0 Å². The lowest BCUT2D eigenvalue weighted by Crippen LogP contribution is -2.48. The van der Waals surface area contributed by atoms with Gasteiger partial charge in [-0.1, -0.05) is 54.1 Å². The first-order valence-corrected chi connectivity index (χ1v) is 13.9. The Labute approximate surface area is 240 Å². The predicted octanol–water partition coefficient (Wildman–Crippen LogP) is 5.74. The smallest absolute Gasteiger partial charge is 0.322 e. The molecule has 208 valence electrons. The van der Waals surface area contributed by atoms with Crippen LogP contribution in [0.25, 0.3) is 11.1 Å². The average Bonchev–Trinajstić information content (AvgIpc) is 3.41. The number of nitrogens with one attached hydrogen (secondary N) is 2. The van der Waals surface area contributed by atoms with Crippen LogP contribution in [0.3, 0.4) is 0 Å². The van der Waals surface area contributed by atoms with E-state index in [9.17, 15) is 4.79 Å². The van der Waals surface area contributed by atoms with Crippen molar-refractivity contribution in [2.45, 2.75) is 44.3 Å². The van der Waals surface area contributed by atoms with Gasteiger partial charge in [-0.25, -0.2) is 9.78 Å². The van der Waals surface area contributed by atoms with Crippen molar-refractivity contribution in [3.8, 4) is 11.1 Å². The molecule has 2 N–H and O–H groups in total. The van der Waals surface area contributed by atoms with Crippen molar-refractivity contribution in [3.63, 3.8) is 0 Å². The quantitative estimate of drug-likeness (QED) is 0.287. The summed E-state index contributed by atoms with van der Waals surface area (Å²) in [6, 6.07) is 18.3. The molecule has 0 atom stereocenters. The van der Waals surface area contributed by atoms with E-state index in [1.165, 1.54) is 0 Å². The van der Waals surface area contributed by atoms with E-state index in [0.29, 0.717) is 23.3 Å². The van der Waals surface area contributed by atoms with Crippen molar-refractivity contribution in [3.05, 3.63) is 83.8 Å². The fourth-order valence-electron chi connectivity index (χ4n) is 5.14. The zero-order chi connectivity index (χ0) is 28.1. The highest BCUT2D eigenvalue weighted by Gasteiger charge is 2.30. The number of rotatable bonds is 8. The highest BCUT2D eigenvalue weighted by Crippen LogP contribution is 2.31. The number of benzene rings is 2. The molecule has 9 nitrogen and oxygen atoms in total. The topological polar surface area (TPSA) is 91.2 Å². The molecular formula is C30H35ClN8O. The highest BCUT2D eigenvalue weighted by molar-refractivity contribution is 6.32. The Morgan fingerprint density at radius 3 is 2.38 bits per heavy atom. The van der Waals surface area contributed by atoms with Gasteiger partial charge in [0.15, 0.2) is 5.82 Å². The van der Waals surface area contributed by atoms with Crippen molar-refractivity contribution in [2.75, 3.05) is 29.2 Å². The molecule has 1 fully saturated rings. The van der Waals surface area contributed by atoms with E-state index in [-0.39, 0.29) is 18.1 Å². The van der Waals surface area contributed by atoms with Crippen LogP contribution in [0.4, 0.5) is 22.2 Å². The molecule has 40 heavy (non-hydrogen) atoms. The van der Waals surface area contributed by atoms with E-state index < -0.39 is 0 Å². The zero-order valence-corrected chi connectivity index (χ0v) is 23.8. The Morgan fingerprint density at radius 2 is 1.73 bits per heavy atom. The van der Waals surface area contributed by atoms with E-state index in [1.54, 1.807) is 10.9 Å². The molecule has 4 aromatic rings. The van der Waals surface area contributed by atoms with Crippen LogP contribution >= 0.6 is 11.6 Å². The van der Waals surface area contributed by atoms with Crippen molar-refractivity contribution < 1.29 is 4.79 Å². The third kappa shape index (κ3) is 6.54. The summed E-state index contributed by atoms with van der Waals surface area (Å²) in [7, 11) is 5.72. The van der Waals surface area contributed by atoms with Gasteiger partial charge in [0.2, 0.25) is 5.95 Å². The van der Waals surface area contributed by atoms with Crippen LogP contribution < -0.4 is 20.4 Å². The molecule has 0 bridgehead atoms. The van der Waals surface area contributed by atoms with Crippen molar-refractivity contribution >= 4 is 35.1 Å². The van der Waals surface area contributed by atoms with Gasteiger partial charge in [-0.15, -0.1) is 0 Å². The lowest BCUT2D eigenvalue weighted by atomic mass is 9.90. The number of aryl methyl sites for hydroxylation is 1. The molecule has 1 aliphatic carbocycles. The van der Waals surface area contributed by atoms with E-state index in [0.717, 1.165) is 48.1 Å². The molecule has 2 heterocycles. The molecule has 2 aromatic carbocycles. The number of hydrogen-bond donors (Lipinski definition) is 2. The minimum Gasteiger partial charge on any atom is -0.361 e. The summed E-state index contributed by atoms with van der Waals surface area (Å²) in [6.45, 7) is 0.475. The van der Waals surface area contributed by atoms with Crippen LogP contribution in [0.1, 0.15) is 31.2 Å². The predicted molar refractivity (Wildman–Crippen MR) is 161 cm³/mol. The average molecular weight is 559 g/mol. The molecule has 2 amide bonds. The van der Waals surface area contributed by atoms with Gasteiger partial charge >= 0.3 is 6.03 Å². The molecule has 0 spiro atoms. The van der Waals surface area contributed by atoms with Gasteiger partial charge in [0.1, 0.15) is 5.02 Å².